The molecule has 11 atom stereocenters. The van der Waals surface area contributed by atoms with Gasteiger partial charge in [-0.15, -0.1) is 0 Å². The van der Waals surface area contributed by atoms with Crippen LogP contribution in [-0.4, -0.2) is 133 Å². The molecule has 2 aromatic rings. The van der Waals surface area contributed by atoms with Crippen LogP contribution in [0.1, 0.15) is 6.23 Å². The lowest BCUT2D eigenvalue weighted by Crippen LogP contribution is -2.42. The Bertz CT molecular complexity index is 1820. The van der Waals surface area contributed by atoms with Crippen molar-refractivity contribution in [1.29, 1.82) is 0 Å². The second-order valence-corrected chi connectivity index (χ2v) is 14.8. The first-order valence-electron chi connectivity index (χ1n) is 13.6. The number of nitrogen functional groups attached to an aromatic ring is 1. The summed E-state index contributed by atoms with van der Waals surface area (Å²) in [6.45, 7) is -2.11. The van der Waals surface area contributed by atoms with Crippen molar-refractivity contribution < 1.29 is 90.1 Å². The number of allylic oxidation sites excluding steroid dienone is 1. The van der Waals surface area contributed by atoms with E-state index in [2.05, 4.69) is 32.8 Å². The number of phosphoric ester groups is 3. The minimum atomic E-state index is -5.55. The fraction of sp³-hybridized carbons (Fsp3) is 0.524. The number of aliphatic hydroxyl groups excluding tert-OH is 3. The molecule has 2 fully saturated rings. The molecular weight excluding hydrogens is 731 g/mol. The number of amides is 1. The van der Waals surface area contributed by atoms with Crippen LogP contribution in [0.4, 0.5) is 5.82 Å². The maximum absolute atomic E-state index is 12.6. The highest BCUT2D eigenvalue weighted by Gasteiger charge is 2.52. The Morgan fingerprint density at radius 2 is 1.59 bits per heavy atom. The number of anilines is 1. The topological polar surface area (TPSA) is 381 Å². The van der Waals surface area contributed by atoms with E-state index in [4.69, 9.17) is 20.9 Å². The summed E-state index contributed by atoms with van der Waals surface area (Å²) in [6, 6.07) is 0. The van der Waals surface area contributed by atoms with Gasteiger partial charge in [-0.2, -0.15) is 8.89 Å². The van der Waals surface area contributed by atoms with Crippen LogP contribution in [0.25, 0.3) is 11.2 Å². The number of nitrogens with zero attached hydrogens (tertiary/aromatic N) is 5. The molecule has 28 heteroatoms. The van der Waals surface area contributed by atoms with Gasteiger partial charge in [0.15, 0.2) is 47.9 Å². The lowest BCUT2D eigenvalue weighted by molar-refractivity contribution is -0.560. The molecule has 2 aromatic heterocycles. The predicted molar refractivity (Wildman–Crippen MR) is 153 cm³/mol. The van der Waals surface area contributed by atoms with Crippen molar-refractivity contribution in [2.45, 2.75) is 49.1 Å². The maximum Gasteiger partial charge on any atom is 0.481 e. The molecule has 2 saturated heterocycles. The van der Waals surface area contributed by atoms with E-state index in [1.54, 1.807) is 0 Å². The molecule has 0 spiro atoms. The lowest BCUT2D eigenvalue weighted by Gasteiger charge is -2.22. The van der Waals surface area contributed by atoms with Crippen LogP contribution in [0.2, 0.25) is 0 Å². The van der Waals surface area contributed by atoms with Gasteiger partial charge in [0.05, 0.1) is 19.5 Å². The molecule has 5 rings (SSSR count). The molecule has 0 bridgehead atoms. The monoisotopic (exact) mass is 760 g/mol. The number of imidazole rings is 1. The standard InChI is InChI=1S/C21H28N7O18P3/c22-17-12-19(25-6-24-17)28(7-26-12)21-16(45-47(34,35)36)14(31)11(44-21)5-42-49(39,40)46-48(37,38)41-4-10-13(30)15(32)20(43-10)27-2-1-9(29)8(3-27)18(23)33/h1-3,6-8,10-11,13-16,20-21,30-32H,4-5H2,(H7-,22,23,24,25,33,34,35,36,37,38,39,40)/p+1/t8?,10-,11-,13-,14-,15-,16-,20-,21-/m1/s1. The van der Waals surface area contributed by atoms with E-state index in [1.165, 1.54) is 0 Å². The number of carbonyl (C=O) groups is 2. The van der Waals surface area contributed by atoms with E-state index in [0.717, 1.165) is 40.3 Å². The van der Waals surface area contributed by atoms with Crippen LogP contribution in [-0.2, 0) is 50.6 Å². The predicted octanol–water partition coefficient (Wildman–Crippen LogP) is -3.88. The molecule has 0 aliphatic carbocycles. The molecule has 3 unspecified atom stereocenters. The Labute approximate surface area is 272 Å². The zero-order valence-corrected chi connectivity index (χ0v) is 27.0. The third kappa shape index (κ3) is 8.35. The summed E-state index contributed by atoms with van der Waals surface area (Å²) in [5.41, 5.74) is 11.0. The van der Waals surface area contributed by atoms with Crippen LogP contribution in [0.3, 0.4) is 0 Å². The number of rotatable bonds is 13. The highest BCUT2D eigenvalue weighted by molar-refractivity contribution is 7.61. The number of hydrogen-bond acceptors (Lipinski definition) is 18. The third-order valence-corrected chi connectivity index (χ3v) is 10.3. The lowest BCUT2D eigenvalue weighted by atomic mass is 10.0. The number of ketones is 1. The number of aromatic nitrogens is 4. The van der Waals surface area contributed by atoms with Crippen LogP contribution in [0.15, 0.2) is 24.9 Å². The van der Waals surface area contributed by atoms with E-state index in [-0.39, 0.29) is 17.0 Å². The SMILES string of the molecule is NC(=O)C1C=[N+]([C@@H]2O[C@H](COP(=O)(O)OP(=O)(O)OC[C@H]3O[C@@H](n4cnc5c(N)ncnc54)[C@H](OP(=O)(O)O)[C@@H]3O)[C@@H](O)[C@H]2O)C=CC1=O. The van der Waals surface area contributed by atoms with Crippen LogP contribution in [0.5, 0.6) is 0 Å². The average Bonchev–Trinajstić information content (AvgIpc) is 3.64. The van der Waals surface area contributed by atoms with Crippen molar-refractivity contribution in [2.75, 3.05) is 18.9 Å². The number of fused-ring (bicyclic) bond motifs is 1. The van der Waals surface area contributed by atoms with Crippen molar-refractivity contribution in [3.8, 4) is 0 Å². The number of primary amides is 1. The van der Waals surface area contributed by atoms with Gasteiger partial charge in [-0.1, -0.05) is 0 Å². The summed E-state index contributed by atoms with van der Waals surface area (Å²) in [5.74, 6) is -3.12. The number of nitrogens with two attached hydrogens (primary N) is 2. The normalized spacial score (nSPS) is 33.0. The van der Waals surface area contributed by atoms with Crippen LogP contribution < -0.4 is 11.5 Å². The molecule has 11 N–H and O–H groups in total. The summed E-state index contributed by atoms with van der Waals surface area (Å²) in [7, 11) is -16.4. The number of carbonyl (C=O) groups excluding carboxylic acids is 2. The molecule has 0 radical (unpaired) electrons. The van der Waals surface area contributed by atoms with Crippen molar-refractivity contribution in [1.82, 2.24) is 19.5 Å². The van der Waals surface area contributed by atoms with Crippen LogP contribution in [0, 0.1) is 5.92 Å². The largest absolute Gasteiger partial charge is 0.481 e. The van der Waals surface area contributed by atoms with Gasteiger partial charge < -0.3 is 55.8 Å². The molecule has 1 amide bonds. The number of phosphoric acid groups is 3. The van der Waals surface area contributed by atoms with E-state index in [1.807, 2.05) is 0 Å². The molecule has 270 valence electrons. The quantitative estimate of drug-likeness (QED) is 0.0535. The van der Waals surface area contributed by atoms with Gasteiger partial charge >= 0.3 is 23.5 Å². The average molecular weight is 760 g/mol. The summed E-state index contributed by atoms with van der Waals surface area (Å²) >= 11 is 0. The fourth-order valence-electron chi connectivity index (χ4n) is 4.98. The minimum Gasteiger partial charge on any atom is -0.387 e. The third-order valence-electron chi connectivity index (χ3n) is 7.22. The first-order valence-corrected chi connectivity index (χ1v) is 18.1. The molecule has 49 heavy (non-hydrogen) atoms. The van der Waals surface area contributed by atoms with E-state index in [9.17, 15) is 58.2 Å². The van der Waals surface area contributed by atoms with Crippen molar-refractivity contribution >= 4 is 58.4 Å². The van der Waals surface area contributed by atoms with Crippen molar-refractivity contribution in [3.05, 3.63) is 24.9 Å². The Morgan fingerprint density at radius 1 is 0.959 bits per heavy atom. The molecular formula is C21H29N7O18P3+. The Balaban J connectivity index is 1.20. The Kier molecular flexibility index (Phi) is 10.7. The molecule has 0 saturated carbocycles. The molecule has 3 aliphatic heterocycles. The fourth-order valence-corrected chi connectivity index (χ4v) is 7.61. The van der Waals surface area contributed by atoms with Gasteiger partial charge in [0.2, 0.25) is 5.91 Å². The second kappa shape index (κ2) is 14.0. The summed E-state index contributed by atoms with van der Waals surface area (Å²) in [5, 5.41) is 31.5. The van der Waals surface area contributed by atoms with Crippen molar-refractivity contribution in [2.24, 2.45) is 11.7 Å². The zero-order valence-electron chi connectivity index (χ0n) is 24.4. The van der Waals surface area contributed by atoms with Crippen LogP contribution >= 0.6 is 23.5 Å². The molecule has 25 nitrogen and oxygen atoms in total. The number of ether oxygens (including phenoxy) is 2. The maximum atomic E-state index is 12.6. The highest BCUT2D eigenvalue weighted by Crippen LogP contribution is 2.61. The van der Waals surface area contributed by atoms with E-state index in [0.29, 0.717) is 0 Å². The summed E-state index contributed by atoms with van der Waals surface area (Å²) in [4.78, 5) is 74.0. The summed E-state index contributed by atoms with van der Waals surface area (Å²) < 4.78 is 68.1. The zero-order chi connectivity index (χ0) is 36.1. The molecule has 0 aromatic carbocycles. The Morgan fingerprint density at radius 3 is 2.20 bits per heavy atom. The first-order chi connectivity index (χ1) is 22.8. The minimum absolute atomic E-state index is 0.00852. The Hall–Kier alpha value is -2.93. The van der Waals surface area contributed by atoms with E-state index >= 15 is 0 Å². The number of hydrogen-bond donors (Lipinski definition) is 9. The van der Waals surface area contributed by atoms with Gasteiger partial charge in [-0.3, -0.25) is 27.7 Å². The van der Waals surface area contributed by atoms with Gasteiger partial charge in [-0.05, 0) is 0 Å². The van der Waals surface area contributed by atoms with Gasteiger partial charge in [0.1, 0.15) is 42.4 Å². The van der Waals surface area contributed by atoms with E-state index < -0.39 is 103 Å². The summed E-state index contributed by atoms with van der Waals surface area (Å²) in [6.07, 6.45) is -8.30. The molecule has 3 aliphatic rings. The second-order valence-electron chi connectivity index (χ2n) is 10.6. The highest BCUT2D eigenvalue weighted by atomic mass is 31.3. The van der Waals surface area contributed by atoms with Gasteiger partial charge in [0, 0.05) is 6.08 Å². The number of aliphatic hydroxyl groups is 3. The van der Waals surface area contributed by atoms with Gasteiger partial charge in [0.25, 0.3) is 6.23 Å². The smallest absolute Gasteiger partial charge is 0.387 e. The first kappa shape index (κ1) is 37.3. The van der Waals surface area contributed by atoms with Gasteiger partial charge in [-0.25, -0.2) is 28.6 Å². The van der Waals surface area contributed by atoms with Crippen molar-refractivity contribution in [3.63, 3.8) is 0 Å². The molecule has 5 heterocycles.